The fourth-order valence-electron chi connectivity index (χ4n) is 3.05. The average molecular weight is 467 g/mol. The number of benzene rings is 1. The van der Waals surface area contributed by atoms with Crippen LogP contribution < -0.4 is 4.72 Å². The van der Waals surface area contributed by atoms with Crippen LogP contribution in [0.5, 0.6) is 0 Å². The SMILES string of the molecule is CCN(CC)S(=O)(=O)N1CCN(C(=O)CCNS(=O)(=O)c2cccc(Cl)c2)CC1. The second kappa shape index (κ2) is 10.2. The van der Waals surface area contributed by atoms with Crippen LogP contribution in [-0.4, -0.2) is 82.1 Å². The molecule has 29 heavy (non-hydrogen) atoms. The predicted molar refractivity (Wildman–Crippen MR) is 111 cm³/mol. The smallest absolute Gasteiger partial charge is 0.282 e. The van der Waals surface area contributed by atoms with Crippen LogP contribution in [0.3, 0.4) is 0 Å². The molecule has 0 unspecified atom stereocenters. The fourth-order valence-corrected chi connectivity index (χ4v) is 5.99. The molecule has 1 aromatic carbocycles. The van der Waals surface area contributed by atoms with E-state index in [4.69, 9.17) is 11.6 Å². The summed E-state index contributed by atoms with van der Waals surface area (Å²) in [5.41, 5.74) is 0. The Morgan fingerprint density at radius 2 is 1.72 bits per heavy atom. The first-order valence-corrected chi connectivity index (χ1v) is 12.7. The van der Waals surface area contributed by atoms with Crippen molar-refractivity contribution in [2.45, 2.75) is 25.2 Å². The van der Waals surface area contributed by atoms with Crippen molar-refractivity contribution < 1.29 is 21.6 Å². The lowest BCUT2D eigenvalue weighted by Gasteiger charge is -2.36. The molecule has 1 fully saturated rings. The number of nitrogens with zero attached hydrogens (tertiary/aromatic N) is 3. The number of hydrogen-bond acceptors (Lipinski definition) is 5. The van der Waals surface area contributed by atoms with Crippen molar-refractivity contribution in [2.75, 3.05) is 45.8 Å². The molecule has 0 bridgehead atoms. The number of rotatable bonds is 9. The highest BCUT2D eigenvalue weighted by atomic mass is 35.5. The summed E-state index contributed by atoms with van der Waals surface area (Å²) in [6, 6.07) is 5.87. The normalized spacial score (nSPS) is 16.3. The Bertz CT molecular complexity index is 912. The maximum Gasteiger partial charge on any atom is 0.282 e. The van der Waals surface area contributed by atoms with Crippen molar-refractivity contribution in [1.82, 2.24) is 18.2 Å². The minimum atomic E-state index is -3.75. The molecule has 1 heterocycles. The van der Waals surface area contributed by atoms with E-state index in [1.807, 2.05) is 0 Å². The highest BCUT2D eigenvalue weighted by Gasteiger charge is 2.32. The van der Waals surface area contributed by atoms with Crippen LogP contribution >= 0.6 is 11.6 Å². The van der Waals surface area contributed by atoms with Crippen LogP contribution in [0.25, 0.3) is 0 Å². The molecule has 9 nitrogen and oxygen atoms in total. The van der Waals surface area contributed by atoms with Crippen molar-refractivity contribution in [1.29, 1.82) is 0 Å². The van der Waals surface area contributed by atoms with Crippen LogP contribution in [-0.2, 0) is 25.0 Å². The minimum absolute atomic E-state index is 0.0113. The van der Waals surface area contributed by atoms with E-state index in [-0.39, 0.29) is 49.9 Å². The first-order valence-electron chi connectivity index (χ1n) is 9.40. The molecule has 1 N–H and O–H groups in total. The summed E-state index contributed by atoms with van der Waals surface area (Å²) in [7, 11) is -7.27. The van der Waals surface area contributed by atoms with E-state index in [2.05, 4.69) is 4.72 Å². The van der Waals surface area contributed by atoms with Gasteiger partial charge in [0, 0.05) is 57.3 Å². The molecule has 12 heteroatoms. The van der Waals surface area contributed by atoms with E-state index < -0.39 is 20.2 Å². The Labute approximate surface area is 177 Å². The molecule has 2 rings (SSSR count). The number of halogens is 1. The first kappa shape index (κ1) is 24.0. The average Bonchev–Trinajstić information content (AvgIpc) is 2.68. The zero-order valence-electron chi connectivity index (χ0n) is 16.5. The number of sulfonamides is 1. The quantitative estimate of drug-likeness (QED) is 0.577. The summed E-state index contributed by atoms with van der Waals surface area (Å²) < 4.78 is 54.7. The van der Waals surface area contributed by atoms with Gasteiger partial charge in [0.1, 0.15) is 0 Å². The third-order valence-electron chi connectivity index (χ3n) is 4.69. The van der Waals surface area contributed by atoms with Gasteiger partial charge in [0.25, 0.3) is 10.2 Å². The highest BCUT2D eigenvalue weighted by molar-refractivity contribution is 7.89. The zero-order chi connectivity index (χ0) is 21.7. The van der Waals surface area contributed by atoms with Crippen LogP contribution in [0.4, 0.5) is 0 Å². The highest BCUT2D eigenvalue weighted by Crippen LogP contribution is 2.15. The molecule has 1 aliphatic rings. The van der Waals surface area contributed by atoms with E-state index in [1.165, 1.54) is 26.8 Å². The summed E-state index contributed by atoms with van der Waals surface area (Å²) >= 11 is 5.82. The van der Waals surface area contributed by atoms with Gasteiger partial charge in [0.2, 0.25) is 15.9 Å². The number of amides is 1. The summed E-state index contributed by atoms with van der Waals surface area (Å²) in [6.07, 6.45) is -0.0113. The van der Waals surface area contributed by atoms with Crippen molar-refractivity contribution in [3.63, 3.8) is 0 Å². The number of carbonyl (C=O) groups excluding carboxylic acids is 1. The molecule has 1 aliphatic heterocycles. The summed E-state index contributed by atoms with van der Waals surface area (Å²) in [4.78, 5) is 14.0. The summed E-state index contributed by atoms with van der Waals surface area (Å²) in [5, 5.41) is 0.307. The zero-order valence-corrected chi connectivity index (χ0v) is 18.9. The van der Waals surface area contributed by atoms with Crippen molar-refractivity contribution in [3.8, 4) is 0 Å². The Morgan fingerprint density at radius 3 is 2.28 bits per heavy atom. The largest absolute Gasteiger partial charge is 0.340 e. The third-order valence-corrected chi connectivity index (χ3v) is 8.57. The number of piperazine rings is 1. The molecule has 164 valence electrons. The fraction of sp³-hybridized carbons (Fsp3) is 0.588. The maximum atomic E-state index is 12.5. The van der Waals surface area contributed by atoms with Crippen molar-refractivity contribution in [2.24, 2.45) is 0 Å². The van der Waals surface area contributed by atoms with Gasteiger partial charge in [-0.3, -0.25) is 4.79 Å². The second-order valence-corrected chi connectivity index (χ2v) is 10.6. The maximum absolute atomic E-state index is 12.5. The molecule has 0 atom stereocenters. The van der Waals surface area contributed by atoms with Crippen molar-refractivity contribution >= 4 is 37.7 Å². The summed E-state index contributed by atoms with van der Waals surface area (Å²) in [6.45, 7) is 5.30. The van der Waals surface area contributed by atoms with E-state index in [9.17, 15) is 21.6 Å². The summed E-state index contributed by atoms with van der Waals surface area (Å²) in [5.74, 6) is -0.223. The van der Waals surface area contributed by atoms with Crippen LogP contribution in [0.15, 0.2) is 29.2 Å². The molecule has 1 amide bonds. The Hall–Kier alpha value is -1.24. The first-order chi connectivity index (χ1) is 13.6. The molecule has 0 spiro atoms. The van der Waals surface area contributed by atoms with Crippen LogP contribution in [0, 0.1) is 0 Å². The van der Waals surface area contributed by atoms with Gasteiger partial charge in [-0.05, 0) is 18.2 Å². The molecule has 1 aromatic rings. The third kappa shape index (κ3) is 6.12. The molecule has 0 aromatic heterocycles. The van der Waals surface area contributed by atoms with Gasteiger partial charge in [-0.2, -0.15) is 17.0 Å². The second-order valence-electron chi connectivity index (χ2n) is 6.48. The van der Waals surface area contributed by atoms with Gasteiger partial charge in [-0.1, -0.05) is 31.5 Å². The Kier molecular flexibility index (Phi) is 8.44. The molecule has 0 radical (unpaired) electrons. The number of nitrogens with one attached hydrogen (secondary N) is 1. The standard InChI is InChI=1S/C17H27ClN4O5S2/c1-3-21(4-2)29(26,27)22-12-10-20(11-13-22)17(23)8-9-19-28(24,25)16-7-5-6-15(18)14-16/h5-7,14,19H,3-4,8-13H2,1-2H3. The van der Waals surface area contributed by atoms with E-state index in [0.717, 1.165) is 0 Å². The molecule has 1 saturated heterocycles. The monoisotopic (exact) mass is 466 g/mol. The number of carbonyl (C=O) groups is 1. The molecule has 0 saturated carbocycles. The lowest BCUT2D eigenvalue weighted by Crippen LogP contribution is -2.54. The topological polar surface area (TPSA) is 107 Å². The van der Waals surface area contributed by atoms with E-state index in [1.54, 1.807) is 24.8 Å². The van der Waals surface area contributed by atoms with E-state index in [0.29, 0.717) is 18.1 Å². The lowest BCUT2D eigenvalue weighted by molar-refractivity contribution is -0.132. The molecule has 0 aliphatic carbocycles. The Balaban J connectivity index is 1.84. The van der Waals surface area contributed by atoms with Crippen LogP contribution in [0.1, 0.15) is 20.3 Å². The minimum Gasteiger partial charge on any atom is -0.340 e. The van der Waals surface area contributed by atoms with Gasteiger partial charge < -0.3 is 4.90 Å². The Morgan fingerprint density at radius 1 is 1.10 bits per heavy atom. The van der Waals surface area contributed by atoms with Gasteiger partial charge in [0.05, 0.1) is 4.90 Å². The lowest BCUT2D eigenvalue weighted by atomic mass is 10.3. The van der Waals surface area contributed by atoms with Crippen LogP contribution in [0.2, 0.25) is 5.02 Å². The van der Waals surface area contributed by atoms with Gasteiger partial charge >= 0.3 is 0 Å². The predicted octanol–water partition coefficient (Wildman–Crippen LogP) is 0.739. The molecular weight excluding hydrogens is 440 g/mol. The van der Waals surface area contributed by atoms with Gasteiger partial charge in [-0.25, -0.2) is 13.1 Å². The van der Waals surface area contributed by atoms with Gasteiger partial charge in [0.15, 0.2) is 0 Å². The van der Waals surface area contributed by atoms with Gasteiger partial charge in [-0.15, -0.1) is 0 Å². The van der Waals surface area contributed by atoms with Crippen molar-refractivity contribution in [3.05, 3.63) is 29.3 Å². The molecular formula is C17H27ClN4O5S2. The number of hydrogen-bond donors (Lipinski definition) is 1. The van der Waals surface area contributed by atoms with E-state index >= 15 is 0 Å².